The topological polar surface area (TPSA) is 138 Å². The molecule has 2 rings (SSSR count). The van der Waals surface area contributed by atoms with Crippen molar-refractivity contribution in [2.45, 2.75) is 169 Å². The summed E-state index contributed by atoms with van der Waals surface area (Å²) >= 11 is 0. The van der Waals surface area contributed by atoms with Gasteiger partial charge in [0, 0.05) is 47.3 Å². The average molecular weight is 844 g/mol. The second-order valence-corrected chi connectivity index (χ2v) is 19.0. The SMILES string of the molecule is CC[C@H](C)[C@@H]([C@@H](CC(=O)N1CCC[C@H]1[C@H](OC)[C@@H](C)C(=O)N[C@@H](Cc1ccccc1)C(=O)OC(C)(C)C)OC)N(C)C(=O)[C@H](C(C)C)N(C)C(=O)[C@H](C(C)C)N(C)C(C)C. The average Bonchev–Trinajstić information content (AvgIpc) is 3.66. The molecular formula is C47H81N5O8. The Labute approximate surface area is 362 Å². The number of nitrogens with one attached hydrogen (secondary N) is 1. The lowest BCUT2D eigenvalue weighted by molar-refractivity contribution is -0.159. The van der Waals surface area contributed by atoms with Crippen molar-refractivity contribution in [2.75, 3.05) is 41.9 Å². The molecule has 1 aliphatic heterocycles. The van der Waals surface area contributed by atoms with E-state index in [2.05, 4.69) is 37.9 Å². The molecule has 13 heteroatoms. The Balaban J connectivity index is 2.36. The van der Waals surface area contributed by atoms with E-state index in [4.69, 9.17) is 14.2 Å². The zero-order valence-electron chi connectivity index (χ0n) is 40.1. The number of likely N-dealkylation sites (tertiary alicyclic amines) is 1. The number of rotatable bonds is 22. The number of esters is 1. The molecule has 1 saturated heterocycles. The molecule has 1 aliphatic rings. The molecule has 0 aliphatic carbocycles. The Morgan fingerprint density at radius 2 is 1.40 bits per heavy atom. The molecule has 9 atom stereocenters. The predicted molar refractivity (Wildman–Crippen MR) is 237 cm³/mol. The third-order valence-electron chi connectivity index (χ3n) is 12.3. The second-order valence-electron chi connectivity index (χ2n) is 19.0. The smallest absolute Gasteiger partial charge is 0.329 e. The van der Waals surface area contributed by atoms with Gasteiger partial charge in [-0.1, -0.05) is 85.2 Å². The van der Waals surface area contributed by atoms with Crippen molar-refractivity contribution in [2.24, 2.45) is 23.7 Å². The van der Waals surface area contributed by atoms with Crippen LogP contribution >= 0.6 is 0 Å². The molecular weight excluding hydrogens is 763 g/mol. The number of hydrogen-bond acceptors (Lipinski definition) is 9. The fourth-order valence-corrected chi connectivity index (χ4v) is 8.73. The van der Waals surface area contributed by atoms with Crippen molar-refractivity contribution >= 4 is 29.6 Å². The molecule has 13 nitrogen and oxygen atoms in total. The maximum atomic E-state index is 14.6. The standard InChI is InChI=1S/C47H81N5O8/c1-18-32(8)41(51(15)45(56)40(30(4)5)50(14)44(55)39(29(2)3)49(13)31(6)7)37(58-16)28-38(53)52-26-22-25-36(52)42(59-17)33(9)43(54)48-35(46(57)60-47(10,11)12)27-34-23-20-19-21-24-34/h19-21,23-24,29-33,35-37,39-42H,18,22,25-28H2,1-17H3,(H,48,54)/t32-,33+,35-,36-,37+,39-,40-,41-,42+/m0/s1. The molecule has 60 heavy (non-hydrogen) atoms. The van der Waals surface area contributed by atoms with Crippen molar-refractivity contribution in [3.05, 3.63) is 35.9 Å². The van der Waals surface area contributed by atoms with Gasteiger partial charge in [0.05, 0.1) is 42.7 Å². The summed E-state index contributed by atoms with van der Waals surface area (Å²) in [6, 6.07) is 6.66. The molecule has 1 fully saturated rings. The number of carbonyl (C=O) groups is 5. The van der Waals surface area contributed by atoms with Crippen molar-refractivity contribution in [3.8, 4) is 0 Å². The van der Waals surface area contributed by atoms with Crippen molar-refractivity contribution in [1.29, 1.82) is 0 Å². The van der Waals surface area contributed by atoms with Crippen LogP contribution in [0.3, 0.4) is 0 Å². The molecule has 0 radical (unpaired) electrons. The maximum absolute atomic E-state index is 14.6. The minimum atomic E-state index is -0.925. The molecule has 0 spiro atoms. The first-order valence-electron chi connectivity index (χ1n) is 22.1. The van der Waals surface area contributed by atoms with Gasteiger partial charge in [-0.3, -0.25) is 24.1 Å². The van der Waals surface area contributed by atoms with E-state index in [9.17, 15) is 24.0 Å². The summed E-state index contributed by atoms with van der Waals surface area (Å²) in [7, 11) is 8.53. The summed E-state index contributed by atoms with van der Waals surface area (Å²) in [5.74, 6) is -2.28. The van der Waals surface area contributed by atoms with Gasteiger partial charge in [-0.2, -0.15) is 0 Å². The van der Waals surface area contributed by atoms with Crippen LogP contribution in [0.5, 0.6) is 0 Å². The largest absolute Gasteiger partial charge is 0.458 e. The monoisotopic (exact) mass is 844 g/mol. The Morgan fingerprint density at radius 3 is 1.88 bits per heavy atom. The number of ether oxygens (including phenoxy) is 3. The summed E-state index contributed by atoms with van der Waals surface area (Å²) in [5.41, 5.74) is 0.132. The van der Waals surface area contributed by atoms with Gasteiger partial charge in [0.2, 0.25) is 23.6 Å². The van der Waals surface area contributed by atoms with Gasteiger partial charge in [0.25, 0.3) is 0 Å². The highest BCUT2D eigenvalue weighted by Crippen LogP contribution is 2.30. The van der Waals surface area contributed by atoms with Crippen molar-refractivity contribution < 1.29 is 38.2 Å². The maximum Gasteiger partial charge on any atom is 0.329 e. The van der Waals surface area contributed by atoms with Crippen LogP contribution in [0.2, 0.25) is 0 Å². The van der Waals surface area contributed by atoms with E-state index in [0.717, 1.165) is 18.4 Å². The number of nitrogens with zero attached hydrogens (tertiary/aromatic N) is 4. The zero-order chi connectivity index (χ0) is 45.8. The molecule has 0 bridgehead atoms. The van der Waals surface area contributed by atoms with Crippen LogP contribution in [0.1, 0.15) is 114 Å². The lowest BCUT2D eigenvalue weighted by atomic mass is 9.89. The van der Waals surface area contributed by atoms with E-state index in [1.165, 1.54) is 0 Å². The Bertz CT molecular complexity index is 1530. The van der Waals surface area contributed by atoms with Crippen LogP contribution in [0.4, 0.5) is 0 Å². The zero-order valence-corrected chi connectivity index (χ0v) is 40.1. The van der Waals surface area contributed by atoms with Crippen LogP contribution in [-0.2, 0) is 44.6 Å². The van der Waals surface area contributed by atoms with E-state index in [1.807, 2.05) is 65.1 Å². The molecule has 4 amide bonds. The van der Waals surface area contributed by atoms with Crippen molar-refractivity contribution in [3.63, 3.8) is 0 Å². The first kappa shape index (κ1) is 52.6. The summed E-state index contributed by atoms with van der Waals surface area (Å²) in [4.78, 5) is 77.7. The summed E-state index contributed by atoms with van der Waals surface area (Å²) in [5, 5.41) is 2.94. The number of methoxy groups -OCH3 is 2. The van der Waals surface area contributed by atoms with Crippen LogP contribution in [0.15, 0.2) is 30.3 Å². The van der Waals surface area contributed by atoms with Gasteiger partial charge < -0.3 is 34.2 Å². The van der Waals surface area contributed by atoms with Crippen LogP contribution in [0, 0.1) is 23.7 Å². The Hall–Kier alpha value is -3.55. The van der Waals surface area contributed by atoms with E-state index < -0.39 is 59.9 Å². The van der Waals surface area contributed by atoms with Crippen LogP contribution in [0.25, 0.3) is 0 Å². The lowest BCUT2D eigenvalue weighted by Gasteiger charge is -2.43. The molecule has 0 saturated carbocycles. The van der Waals surface area contributed by atoms with Crippen LogP contribution < -0.4 is 5.32 Å². The number of carbonyl (C=O) groups excluding carboxylic acids is 5. The number of amides is 4. The summed E-state index contributed by atoms with van der Waals surface area (Å²) in [6.45, 7) is 23.8. The Morgan fingerprint density at radius 1 is 0.833 bits per heavy atom. The van der Waals surface area contributed by atoms with Crippen LogP contribution in [-0.4, -0.2) is 145 Å². The fraction of sp³-hybridized carbons (Fsp3) is 0.766. The van der Waals surface area contributed by atoms with Gasteiger partial charge >= 0.3 is 5.97 Å². The van der Waals surface area contributed by atoms with E-state index in [-0.39, 0.29) is 60.3 Å². The number of likely N-dealkylation sites (N-methyl/N-ethyl adjacent to an activating group) is 3. The molecule has 1 heterocycles. The highest BCUT2D eigenvalue weighted by atomic mass is 16.6. The highest BCUT2D eigenvalue weighted by Gasteiger charge is 2.45. The summed E-state index contributed by atoms with van der Waals surface area (Å²) < 4.78 is 17.8. The van der Waals surface area contributed by atoms with Gasteiger partial charge in [0.1, 0.15) is 17.7 Å². The molecule has 0 aromatic heterocycles. The van der Waals surface area contributed by atoms with Gasteiger partial charge in [-0.05, 0) is 77.8 Å². The van der Waals surface area contributed by atoms with E-state index >= 15 is 0 Å². The normalized spacial score (nSPS) is 18.8. The van der Waals surface area contributed by atoms with Gasteiger partial charge in [0.15, 0.2) is 0 Å². The minimum Gasteiger partial charge on any atom is -0.458 e. The quantitative estimate of drug-likeness (QED) is 0.143. The number of hydrogen-bond donors (Lipinski definition) is 1. The molecule has 1 N–H and O–H groups in total. The van der Waals surface area contributed by atoms with E-state index in [0.29, 0.717) is 13.0 Å². The fourth-order valence-electron chi connectivity index (χ4n) is 8.73. The molecule has 1 aromatic rings. The van der Waals surface area contributed by atoms with Gasteiger partial charge in [-0.15, -0.1) is 0 Å². The molecule has 0 unspecified atom stereocenters. The molecule has 342 valence electrons. The second kappa shape index (κ2) is 23.6. The summed E-state index contributed by atoms with van der Waals surface area (Å²) in [6.07, 6.45) is 1.03. The first-order chi connectivity index (χ1) is 27.9. The van der Waals surface area contributed by atoms with E-state index in [1.54, 1.807) is 70.7 Å². The highest BCUT2D eigenvalue weighted by molar-refractivity contribution is 5.90. The first-order valence-corrected chi connectivity index (χ1v) is 22.1. The van der Waals surface area contributed by atoms with Gasteiger partial charge in [-0.25, -0.2) is 4.79 Å². The van der Waals surface area contributed by atoms with Crippen molar-refractivity contribution in [1.82, 2.24) is 24.9 Å². The minimum absolute atomic E-state index is 0.00412. The third-order valence-corrected chi connectivity index (χ3v) is 12.3. The Kier molecular flexibility index (Phi) is 20.7. The lowest BCUT2D eigenvalue weighted by Crippen LogP contribution is -2.60. The third kappa shape index (κ3) is 14.0. The molecule has 1 aromatic carbocycles. The predicted octanol–water partition coefficient (Wildman–Crippen LogP) is 5.82. The number of benzene rings is 1.